The van der Waals surface area contributed by atoms with Crippen molar-refractivity contribution in [3.05, 3.63) is 77.4 Å². The Kier molecular flexibility index (Phi) is 13.4. The molecule has 62 heavy (non-hydrogen) atoms. The number of benzene rings is 3. The van der Waals surface area contributed by atoms with E-state index >= 15 is 0 Å². The molecule has 3 aliphatic heterocycles. The quantitative estimate of drug-likeness (QED) is 0.0924. The molecule has 3 aromatic rings. The molecule has 0 radical (unpaired) electrons. The van der Waals surface area contributed by atoms with Gasteiger partial charge < -0.3 is 20.3 Å². The van der Waals surface area contributed by atoms with Crippen molar-refractivity contribution in [3.8, 4) is 11.8 Å². The van der Waals surface area contributed by atoms with Crippen molar-refractivity contribution >= 4 is 59.0 Å². The monoisotopic (exact) mass is 888 g/mol. The van der Waals surface area contributed by atoms with Gasteiger partial charge in [0, 0.05) is 55.3 Å². The number of hydrogen-bond acceptors (Lipinski definition) is 11. The molecule has 13 nitrogen and oxygen atoms in total. The van der Waals surface area contributed by atoms with E-state index in [1.165, 1.54) is 12.1 Å². The molecular weight excluding hydrogens is 843 g/mol. The van der Waals surface area contributed by atoms with E-state index in [-0.39, 0.29) is 56.6 Å². The molecule has 3 fully saturated rings. The lowest BCUT2D eigenvalue weighted by molar-refractivity contribution is -0.197. The number of carbonyl (C=O) groups excluding carboxylic acids is 4. The van der Waals surface area contributed by atoms with Crippen LogP contribution in [0, 0.1) is 11.3 Å². The fourth-order valence-corrected chi connectivity index (χ4v) is 8.52. The minimum Gasteiger partial charge on any atom is -0.492 e. The maximum Gasteiger partial charge on any atom is 0.417 e. The Balaban J connectivity index is 1.07. The second kappa shape index (κ2) is 18.1. The Morgan fingerprint density at radius 1 is 1.00 bits per heavy atom. The Labute approximate surface area is 359 Å². The van der Waals surface area contributed by atoms with Crippen LogP contribution in [0.25, 0.3) is 0 Å². The molecule has 2 unspecified atom stereocenters. The second-order valence-electron chi connectivity index (χ2n) is 16.1. The lowest BCUT2D eigenvalue weighted by atomic mass is 9.98. The number of rotatable bonds is 12. The van der Waals surface area contributed by atoms with Crippen LogP contribution in [0.15, 0.2) is 60.7 Å². The predicted molar refractivity (Wildman–Crippen MR) is 222 cm³/mol. The van der Waals surface area contributed by atoms with E-state index < -0.39 is 77.4 Å². The van der Waals surface area contributed by atoms with E-state index in [4.69, 9.17) is 4.74 Å². The zero-order chi connectivity index (χ0) is 45.3. The van der Waals surface area contributed by atoms with Crippen molar-refractivity contribution in [2.75, 3.05) is 59.8 Å². The first-order chi connectivity index (χ1) is 29.1. The highest BCUT2D eigenvalue weighted by molar-refractivity contribution is 7.81. The number of imide groups is 1. The standard InChI is InChI=1S/C42H46F6N8O5S/c1-24(2)30-19-29(56-39(62)55(38(60)40(56,3)4)28-9-8-25(21-49)31(20-28)41(43,44)45)10-12-33(30)61-17-16-53-14-15-54(34(22-53)42(46,47)48)23-36(58)51-27-7-5-6-26(18-27)50-32-11-13-35(57)52-37(32)59/h5-10,12,18-20,24,32,34,39,50,62H,11,13-17,22-23H2,1-4H3,(H,51,58)(H,52,57,59)/t32?,34-,39?/m0/s1. The van der Waals surface area contributed by atoms with Gasteiger partial charge in [0.1, 0.15) is 30.0 Å². The average Bonchev–Trinajstić information content (AvgIpc) is 3.37. The fourth-order valence-electron chi connectivity index (χ4n) is 7.86. The summed E-state index contributed by atoms with van der Waals surface area (Å²) in [5, 5.41) is 17.2. The zero-order valence-electron chi connectivity index (χ0n) is 34.2. The van der Waals surface area contributed by atoms with Gasteiger partial charge in [0.2, 0.25) is 17.7 Å². The smallest absolute Gasteiger partial charge is 0.417 e. The molecule has 0 aliphatic carbocycles. The van der Waals surface area contributed by atoms with E-state index in [0.717, 1.165) is 21.9 Å². The van der Waals surface area contributed by atoms with Gasteiger partial charge in [-0.15, -0.1) is 12.6 Å². The van der Waals surface area contributed by atoms with Crippen molar-refractivity contribution in [2.24, 2.45) is 0 Å². The first kappa shape index (κ1) is 46.0. The van der Waals surface area contributed by atoms with Crippen molar-refractivity contribution in [3.63, 3.8) is 0 Å². The Morgan fingerprint density at radius 3 is 2.37 bits per heavy atom. The molecule has 3 N–H and O–H groups in total. The number of halogens is 6. The van der Waals surface area contributed by atoms with E-state index in [9.17, 15) is 50.8 Å². The van der Waals surface area contributed by atoms with Crippen LogP contribution in [0.1, 0.15) is 63.1 Å². The number of thiol groups is 1. The largest absolute Gasteiger partial charge is 0.492 e. The van der Waals surface area contributed by atoms with Crippen LogP contribution < -0.4 is 30.5 Å². The average molecular weight is 889 g/mol. The number of ether oxygens (including phenoxy) is 1. The summed E-state index contributed by atoms with van der Waals surface area (Å²) in [6.45, 7) is 6.50. The van der Waals surface area contributed by atoms with Gasteiger partial charge in [-0.3, -0.25) is 39.2 Å². The zero-order valence-corrected chi connectivity index (χ0v) is 35.1. The summed E-state index contributed by atoms with van der Waals surface area (Å²) < 4.78 is 90.8. The number of amides is 4. The molecule has 3 aliphatic rings. The molecule has 3 aromatic carbocycles. The molecule has 332 valence electrons. The van der Waals surface area contributed by atoms with Crippen molar-refractivity contribution in [2.45, 2.75) is 81.9 Å². The minimum atomic E-state index is -4.84. The first-order valence-corrected chi connectivity index (χ1v) is 20.3. The Hall–Kier alpha value is -5.52. The third-order valence-corrected chi connectivity index (χ3v) is 11.6. The maximum atomic E-state index is 14.4. The van der Waals surface area contributed by atoms with Crippen LogP contribution in [0.4, 0.5) is 49.1 Å². The van der Waals surface area contributed by atoms with Crippen molar-refractivity contribution in [1.29, 1.82) is 5.26 Å². The summed E-state index contributed by atoms with van der Waals surface area (Å²) >= 11 is 4.68. The topological polar surface area (TPSA) is 150 Å². The SMILES string of the molecule is CC(C)c1cc(N2C(S)N(c3ccc(C#N)c(C(F)(F)F)c3)C(=O)C2(C)C)ccc1OCCN1CCN(CC(=O)Nc2cccc(NC3CCC(=O)NC3=O)c2)[C@H](C(F)(F)F)C1. The van der Waals surface area contributed by atoms with Gasteiger partial charge in [0.05, 0.1) is 23.7 Å². The number of nitriles is 1. The maximum absolute atomic E-state index is 14.4. The molecule has 3 saturated heterocycles. The third-order valence-electron chi connectivity index (χ3n) is 11.1. The number of carbonyl (C=O) groups is 4. The van der Waals surface area contributed by atoms with Crippen LogP contribution in [-0.2, 0) is 25.4 Å². The highest BCUT2D eigenvalue weighted by Crippen LogP contribution is 2.44. The van der Waals surface area contributed by atoms with Crippen LogP contribution in [-0.4, -0.2) is 102 Å². The molecular formula is C42H46F6N8O5S. The van der Waals surface area contributed by atoms with Crippen LogP contribution in [0.5, 0.6) is 5.75 Å². The lowest BCUT2D eigenvalue weighted by Crippen LogP contribution is -2.60. The summed E-state index contributed by atoms with van der Waals surface area (Å²) in [5.74, 6) is -1.68. The van der Waals surface area contributed by atoms with E-state index in [1.54, 1.807) is 66.1 Å². The van der Waals surface area contributed by atoms with Gasteiger partial charge >= 0.3 is 12.4 Å². The summed E-state index contributed by atoms with van der Waals surface area (Å²) in [5.41, 5.74) is -2.11. The van der Waals surface area contributed by atoms with Gasteiger partial charge in [0.25, 0.3) is 5.91 Å². The number of piperidine rings is 1. The highest BCUT2D eigenvalue weighted by Gasteiger charge is 2.52. The van der Waals surface area contributed by atoms with Crippen molar-refractivity contribution in [1.82, 2.24) is 15.1 Å². The lowest BCUT2D eigenvalue weighted by Gasteiger charge is -2.41. The number of piperazine rings is 1. The number of anilines is 4. The molecule has 6 rings (SSSR count). The number of nitrogens with zero attached hydrogens (tertiary/aromatic N) is 5. The van der Waals surface area contributed by atoms with Gasteiger partial charge in [-0.05, 0) is 86.3 Å². The van der Waals surface area contributed by atoms with Gasteiger partial charge in [0.15, 0.2) is 5.50 Å². The molecule has 3 atom stereocenters. The molecule has 20 heteroatoms. The van der Waals surface area contributed by atoms with Gasteiger partial charge in [-0.1, -0.05) is 19.9 Å². The van der Waals surface area contributed by atoms with E-state index in [2.05, 4.69) is 28.6 Å². The van der Waals surface area contributed by atoms with Crippen LogP contribution in [0.3, 0.4) is 0 Å². The molecule has 0 aromatic heterocycles. The van der Waals surface area contributed by atoms with Gasteiger partial charge in [-0.25, -0.2) is 0 Å². The number of hydrogen-bond donors (Lipinski definition) is 4. The summed E-state index contributed by atoms with van der Waals surface area (Å²) in [4.78, 5) is 55.9. The Morgan fingerprint density at radius 2 is 1.71 bits per heavy atom. The first-order valence-electron chi connectivity index (χ1n) is 19.8. The third kappa shape index (κ3) is 10.1. The normalized spacial score (nSPS) is 21.2. The van der Waals surface area contributed by atoms with Crippen molar-refractivity contribution < 1.29 is 50.3 Å². The van der Waals surface area contributed by atoms with Crippen LogP contribution >= 0.6 is 12.6 Å². The van der Waals surface area contributed by atoms with E-state index in [0.29, 0.717) is 28.4 Å². The van der Waals surface area contributed by atoms with Gasteiger partial charge in [-0.2, -0.15) is 31.6 Å². The summed E-state index contributed by atoms with van der Waals surface area (Å²) in [6, 6.07) is 13.5. The molecule has 0 saturated carbocycles. The molecule has 3 heterocycles. The Bertz CT molecular complexity index is 2250. The summed E-state index contributed by atoms with van der Waals surface area (Å²) in [7, 11) is 0. The van der Waals surface area contributed by atoms with Crippen LogP contribution in [0.2, 0.25) is 0 Å². The predicted octanol–water partition coefficient (Wildman–Crippen LogP) is 6.33. The van der Waals surface area contributed by atoms with E-state index in [1.807, 2.05) is 13.8 Å². The highest BCUT2D eigenvalue weighted by atomic mass is 32.1. The minimum absolute atomic E-state index is 0.0320. The fraction of sp³-hybridized carbons (Fsp3) is 0.452. The number of nitrogens with one attached hydrogen (secondary N) is 3. The second-order valence-corrected chi connectivity index (χ2v) is 16.6. The molecule has 4 amide bonds. The summed E-state index contributed by atoms with van der Waals surface area (Å²) in [6.07, 6.45) is -9.02. The molecule has 0 bridgehead atoms. The molecule has 0 spiro atoms. The number of alkyl halides is 6.